The maximum Gasteiger partial charge on any atom is 0.344 e. The number of aromatic nitrogens is 2. The Kier molecular flexibility index (Phi) is 7.27. The molecule has 0 bridgehead atoms. The lowest BCUT2D eigenvalue weighted by atomic mass is 10.1. The zero-order chi connectivity index (χ0) is 24.3. The molecule has 0 spiro atoms. The van der Waals surface area contributed by atoms with E-state index in [4.69, 9.17) is 9.47 Å². The van der Waals surface area contributed by atoms with Gasteiger partial charge in [0.05, 0.1) is 17.6 Å². The highest BCUT2D eigenvalue weighted by Crippen LogP contribution is 2.33. The molecule has 0 unspecified atom stereocenters. The fraction of sp³-hybridized carbons (Fsp3) is 0.348. The van der Waals surface area contributed by atoms with Crippen LogP contribution in [0.5, 0.6) is 0 Å². The van der Waals surface area contributed by atoms with Crippen molar-refractivity contribution in [3.63, 3.8) is 0 Å². The molecule has 0 fully saturated rings. The third kappa shape index (κ3) is 4.95. The number of aryl methyl sites for hydroxylation is 3. The van der Waals surface area contributed by atoms with Gasteiger partial charge in [-0.25, -0.2) is 14.6 Å². The van der Waals surface area contributed by atoms with E-state index < -0.39 is 29.9 Å². The molecule has 1 N–H and O–H groups in total. The predicted molar refractivity (Wildman–Crippen MR) is 125 cm³/mol. The molecule has 3 aromatic rings. The summed E-state index contributed by atoms with van der Waals surface area (Å²) in [6, 6.07) is 3.31. The van der Waals surface area contributed by atoms with Crippen LogP contribution in [0.2, 0.25) is 0 Å². The molecule has 0 aromatic carbocycles. The smallest absolute Gasteiger partial charge is 0.344 e. The first-order chi connectivity index (χ1) is 15.7. The summed E-state index contributed by atoms with van der Waals surface area (Å²) < 4.78 is 11.9. The highest BCUT2D eigenvalue weighted by Gasteiger charge is 2.23. The van der Waals surface area contributed by atoms with Crippen LogP contribution >= 0.6 is 11.3 Å². The summed E-state index contributed by atoms with van der Waals surface area (Å²) in [5, 5.41) is 3.22. The number of nitrogens with zero attached hydrogens (tertiary/aromatic N) is 2. The molecule has 1 amide bonds. The van der Waals surface area contributed by atoms with Crippen LogP contribution in [0.4, 0.5) is 5.00 Å². The third-order valence-corrected chi connectivity index (χ3v) is 6.20. The van der Waals surface area contributed by atoms with Crippen molar-refractivity contribution in [1.82, 2.24) is 9.55 Å². The van der Waals surface area contributed by atoms with Gasteiger partial charge in [-0.05, 0) is 52.3 Å². The van der Waals surface area contributed by atoms with Crippen LogP contribution in [-0.4, -0.2) is 40.6 Å². The number of rotatable bonds is 7. The monoisotopic (exact) mass is 471 g/mol. The lowest BCUT2D eigenvalue weighted by Gasteiger charge is -2.11. The molecular weight excluding hydrogens is 446 g/mol. The van der Waals surface area contributed by atoms with Crippen molar-refractivity contribution in [3.8, 4) is 0 Å². The van der Waals surface area contributed by atoms with Gasteiger partial charge in [-0.3, -0.25) is 9.59 Å². The molecule has 3 heterocycles. The second kappa shape index (κ2) is 9.95. The average Bonchev–Trinajstić information content (AvgIpc) is 3.05. The molecule has 0 saturated heterocycles. The summed E-state index contributed by atoms with van der Waals surface area (Å²) in [5.74, 6) is -2.08. The van der Waals surface area contributed by atoms with Crippen LogP contribution in [0, 0.1) is 20.8 Å². The number of carbonyl (C=O) groups excluding carboxylic acids is 3. The average molecular weight is 472 g/mol. The molecule has 0 aliphatic carbocycles. The Morgan fingerprint density at radius 2 is 1.82 bits per heavy atom. The van der Waals surface area contributed by atoms with Gasteiger partial charge in [-0.15, -0.1) is 11.3 Å². The van der Waals surface area contributed by atoms with Gasteiger partial charge in [0, 0.05) is 23.3 Å². The van der Waals surface area contributed by atoms with E-state index in [1.807, 2.05) is 20.8 Å². The van der Waals surface area contributed by atoms with Gasteiger partial charge in [0.1, 0.15) is 16.2 Å². The summed E-state index contributed by atoms with van der Waals surface area (Å²) in [4.78, 5) is 55.3. The second-order valence-corrected chi connectivity index (χ2v) is 8.54. The fourth-order valence-electron chi connectivity index (χ4n) is 3.28. The molecule has 0 saturated carbocycles. The van der Waals surface area contributed by atoms with Gasteiger partial charge in [-0.1, -0.05) is 0 Å². The van der Waals surface area contributed by atoms with Gasteiger partial charge >= 0.3 is 11.9 Å². The van der Waals surface area contributed by atoms with Gasteiger partial charge in [-0.2, -0.15) is 0 Å². The Bertz CT molecular complexity index is 1310. The second-order valence-electron chi connectivity index (χ2n) is 7.31. The van der Waals surface area contributed by atoms with Crippen LogP contribution in [0.1, 0.15) is 50.7 Å². The van der Waals surface area contributed by atoms with Crippen molar-refractivity contribution in [1.29, 1.82) is 0 Å². The third-order valence-electron chi connectivity index (χ3n) is 5.07. The zero-order valence-electron chi connectivity index (χ0n) is 19.1. The van der Waals surface area contributed by atoms with Gasteiger partial charge < -0.3 is 19.4 Å². The van der Waals surface area contributed by atoms with Crippen molar-refractivity contribution in [2.75, 3.05) is 18.5 Å². The Hall–Kier alpha value is -3.53. The minimum absolute atomic E-state index is 0.183. The van der Waals surface area contributed by atoms with Crippen molar-refractivity contribution >= 4 is 45.2 Å². The van der Waals surface area contributed by atoms with E-state index in [2.05, 4.69) is 10.3 Å². The number of hydrogen-bond acceptors (Lipinski definition) is 8. The summed E-state index contributed by atoms with van der Waals surface area (Å²) >= 11 is 1.23. The Morgan fingerprint density at radius 3 is 2.48 bits per heavy atom. The van der Waals surface area contributed by atoms with Crippen LogP contribution in [0.25, 0.3) is 11.0 Å². The molecule has 3 rings (SSSR count). The fourth-order valence-corrected chi connectivity index (χ4v) is 4.35. The molecule has 0 radical (unpaired) electrons. The first-order valence-electron chi connectivity index (χ1n) is 10.4. The van der Waals surface area contributed by atoms with Gasteiger partial charge in [0.2, 0.25) is 5.43 Å². The number of pyridine rings is 2. The Balaban J connectivity index is 1.78. The number of nitrogens with one attached hydrogen (secondary N) is 1. The molecule has 0 aliphatic heterocycles. The molecule has 174 valence electrons. The van der Waals surface area contributed by atoms with Crippen LogP contribution in [-0.2, 0) is 20.8 Å². The minimum Gasteiger partial charge on any atom is -0.462 e. The van der Waals surface area contributed by atoms with E-state index in [0.717, 1.165) is 10.6 Å². The number of ether oxygens (including phenoxy) is 2. The largest absolute Gasteiger partial charge is 0.462 e. The van der Waals surface area contributed by atoms with Crippen molar-refractivity contribution in [2.24, 2.45) is 0 Å². The first-order valence-corrected chi connectivity index (χ1v) is 11.2. The van der Waals surface area contributed by atoms with Crippen LogP contribution < -0.4 is 10.7 Å². The van der Waals surface area contributed by atoms with Gasteiger partial charge in [0.15, 0.2) is 6.61 Å². The highest BCUT2D eigenvalue weighted by molar-refractivity contribution is 7.16. The standard InChI is InChI=1S/C23H25N3O6S/c1-6-26-10-16(19(28)15-9-8-12(3)24-20(15)26)22(29)32-11-17(27)25-21-18(23(30)31-7-2)13(4)14(5)33-21/h8-10H,6-7,11H2,1-5H3,(H,25,27). The maximum absolute atomic E-state index is 12.8. The number of thiophene rings is 1. The normalized spacial score (nSPS) is 10.8. The quantitative estimate of drug-likeness (QED) is 0.525. The summed E-state index contributed by atoms with van der Waals surface area (Å²) in [6.45, 7) is 9.04. The molecule has 10 heteroatoms. The lowest BCUT2D eigenvalue weighted by Crippen LogP contribution is -2.25. The molecule has 0 aliphatic rings. The number of amides is 1. The minimum atomic E-state index is -0.913. The number of anilines is 1. The van der Waals surface area contributed by atoms with Crippen LogP contribution in [0.3, 0.4) is 0 Å². The predicted octanol–water partition coefficient (Wildman–Crippen LogP) is 3.38. The molecular formula is C23H25N3O6S. The van der Waals surface area contributed by atoms with Crippen molar-refractivity contribution in [3.05, 3.63) is 55.8 Å². The molecule has 9 nitrogen and oxygen atoms in total. The van der Waals surface area contributed by atoms with E-state index in [1.165, 1.54) is 17.5 Å². The summed E-state index contributed by atoms with van der Waals surface area (Å²) in [6.07, 6.45) is 1.39. The van der Waals surface area contributed by atoms with Crippen molar-refractivity contribution < 1.29 is 23.9 Å². The molecule has 0 atom stereocenters. The van der Waals surface area contributed by atoms with E-state index in [1.54, 1.807) is 30.5 Å². The summed E-state index contributed by atoms with van der Waals surface area (Å²) in [5.41, 5.74) is 1.52. The molecule has 33 heavy (non-hydrogen) atoms. The van der Waals surface area contributed by atoms with E-state index in [0.29, 0.717) is 28.1 Å². The Labute approximate surface area is 194 Å². The number of hydrogen-bond donors (Lipinski definition) is 1. The number of fused-ring (bicyclic) bond motifs is 1. The highest BCUT2D eigenvalue weighted by atomic mass is 32.1. The first kappa shape index (κ1) is 24.1. The van der Waals surface area contributed by atoms with E-state index >= 15 is 0 Å². The summed E-state index contributed by atoms with van der Waals surface area (Å²) in [7, 11) is 0. The lowest BCUT2D eigenvalue weighted by molar-refractivity contribution is -0.119. The van der Waals surface area contributed by atoms with Crippen molar-refractivity contribution in [2.45, 2.75) is 41.2 Å². The maximum atomic E-state index is 12.8. The molecule has 3 aromatic heterocycles. The number of esters is 2. The van der Waals surface area contributed by atoms with E-state index in [9.17, 15) is 19.2 Å². The SMILES string of the molecule is CCOC(=O)c1c(NC(=O)COC(=O)c2cn(CC)c3nc(C)ccc3c2=O)sc(C)c1C. The van der Waals surface area contributed by atoms with E-state index in [-0.39, 0.29) is 17.7 Å². The van der Waals surface area contributed by atoms with Gasteiger partial charge in [0.25, 0.3) is 5.91 Å². The zero-order valence-corrected chi connectivity index (χ0v) is 19.9. The van der Waals surface area contributed by atoms with Crippen LogP contribution in [0.15, 0.2) is 23.1 Å². The Morgan fingerprint density at radius 1 is 1.09 bits per heavy atom. The number of carbonyl (C=O) groups is 3. The topological polar surface area (TPSA) is 117 Å².